The molecule has 0 saturated carbocycles. The van der Waals surface area contributed by atoms with E-state index in [2.05, 4.69) is 5.32 Å². The first-order valence-electron chi connectivity index (χ1n) is 7.46. The molecule has 0 bridgehead atoms. The van der Waals surface area contributed by atoms with Crippen LogP contribution >= 0.6 is 12.4 Å². The summed E-state index contributed by atoms with van der Waals surface area (Å²) in [6, 6.07) is 9.83. The first kappa shape index (κ1) is 18.5. The zero-order chi connectivity index (χ0) is 15.1. The highest BCUT2D eigenvalue weighted by Crippen LogP contribution is 2.15. The van der Waals surface area contributed by atoms with Crippen LogP contribution in [0, 0.1) is 5.92 Å². The number of primary amides is 1. The van der Waals surface area contributed by atoms with Gasteiger partial charge in [0.05, 0.1) is 0 Å². The Morgan fingerprint density at radius 2 is 2.00 bits per heavy atom. The van der Waals surface area contributed by atoms with Gasteiger partial charge in [0.25, 0.3) is 0 Å². The topological polar surface area (TPSA) is 75.4 Å². The molecule has 22 heavy (non-hydrogen) atoms. The first-order chi connectivity index (χ1) is 10.1. The lowest BCUT2D eigenvalue weighted by atomic mass is 10.0. The fourth-order valence-corrected chi connectivity index (χ4v) is 2.61. The van der Waals surface area contributed by atoms with E-state index in [0.717, 1.165) is 25.1 Å². The lowest BCUT2D eigenvalue weighted by molar-refractivity contribution is -0.133. The normalized spacial score (nSPS) is 16.8. The fourth-order valence-electron chi connectivity index (χ4n) is 2.61. The average molecular weight is 326 g/mol. The summed E-state index contributed by atoms with van der Waals surface area (Å²) in [5.41, 5.74) is 6.28. The molecule has 1 saturated heterocycles. The molecule has 2 rings (SSSR count). The van der Waals surface area contributed by atoms with Gasteiger partial charge < -0.3 is 16.0 Å². The highest BCUT2D eigenvalue weighted by molar-refractivity contribution is 5.85. The van der Waals surface area contributed by atoms with Crippen molar-refractivity contribution in [3.05, 3.63) is 35.9 Å². The van der Waals surface area contributed by atoms with Gasteiger partial charge in [0.2, 0.25) is 11.8 Å². The third-order valence-electron chi connectivity index (χ3n) is 3.82. The van der Waals surface area contributed by atoms with Crippen LogP contribution in [0.4, 0.5) is 0 Å². The van der Waals surface area contributed by atoms with Gasteiger partial charge in [0.1, 0.15) is 0 Å². The fraction of sp³-hybridized carbons (Fsp3) is 0.500. The standard InChI is InChI=1S/C16H23N3O2.ClH/c17-15(20)7-9-19(12-13-4-2-1-3-5-13)16(21)10-14-6-8-18-11-14;/h1-5,14,18H,6-12H2,(H2,17,20);1H. The van der Waals surface area contributed by atoms with Crippen molar-refractivity contribution in [2.75, 3.05) is 19.6 Å². The van der Waals surface area contributed by atoms with Crippen LogP contribution in [0.5, 0.6) is 0 Å². The molecule has 0 radical (unpaired) electrons. The Balaban J connectivity index is 0.00000242. The van der Waals surface area contributed by atoms with Crippen LogP contribution in [0.15, 0.2) is 30.3 Å². The summed E-state index contributed by atoms with van der Waals surface area (Å²) in [7, 11) is 0. The van der Waals surface area contributed by atoms with E-state index >= 15 is 0 Å². The van der Waals surface area contributed by atoms with Crippen molar-refractivity contribution >= 4 is 24.2 Å². The number of hydrogen-bond donors (Lipinski definition) is 2. The van der Waals surface area contributed by atoms with Gasteiger partial charge in [-0.05, 0) is 31.0 Å². The van der Waals surface area contributed by atoms with Gasteiger partial charge in [-0.2, -0.15) is 0 Å². The lowest BCUT2D eigenvalue weighted by Crippen LogP contribution is -2.35. The van der Waals surface area contributed by atoms with Crippen LogP contribution < -0.4 is 11.1 Å². The van der Waals surface area contributed by atoms with Crippen LogP contribution in [-0.4, -0.2) is 36.3 Å². The molecule has 5 nitrogen and oxygen atoms in total. The number of benzene rings is 1. The quantitative estimate of drug-likeness (QED) is 0.793. The van der Waals surface area contributed by atoms with Crippen LogP contribution in [0.3, 0.4) is 0 Å². The predicted octanol–water partition coefficient (Wildman–Crippen LogP) is 1.31. The number of rotatable bonds is 7. The van der Waals surface area contributed by atoms with Crippen LogP contribution in [-0.2, 0) is 16.1 Å². The summed E-state index contributed by atoms with van der Waals surface area (Å²) >= 11 is 0. The van der Waals surface area contributed by atoms with E-state index in [9.17, 15) is 9.59 Å². The zero-order valence-corrected chi connectivity index (χ0v) is 13.5. The Bertz CT molecular complexity index is 476. The molecule has 2 amide bonds. The Morgan fingerprint density at radius 1 is 1.27 bits per heavy atom. The van der Waals surface area contributed by atoms with Crippen LogP contribution in [0.2, 0.25) is 0 Å². The number of carbonyl (C=O) groups is 2. The van der Waals surface area contributed by atoms with E-state index in [4.69, 9.17) is 5.73 Å². The van der Waals surface area contributed by atoms with Crippen LogP contribution in [0.25, 0.3) is 0 Å². The van der Waals surface area contributed by atoms with E-state index in [1.165, 1.54) is 0 Å². The van der Waals surface area contributed by atoms with E-state index < -0.39 is 0 Å². The minimum Gasteiger partial charge on any atom is -0.370 e. The number of nitrogens with two attached hydrogens (primary N) is 1. The molecule has 1 aromatic carbocycles. The number of carbonyl (C=O) groups excluding carboxylic acids is 2. The van der Waals surface area contributed by atoms with Gasteiger partial charge in [-0.1, -0.05) is 30.3 Å². The maximum Gasteiger partial charge on any atom is 0.223 e. The third-order valence-corrected chi connectivity index (χ3v) is 3.82. The maximum absolute atomic E-state index is 12.5. The van der Waals surface area contributed by atoms with Gasteiger partial charge in [0.15, 0.2) is 0 Å². The van der Waals surface area contributed by atoms with Gasteiger partial charge >= 0.3 is 0 Å². The molecular weight excluding hydrogens is 302 g/mol. The zero-order valence-electron chi connectivity index (χ0n) is 12.7. The van der Waals surface area contributed by atoms with Crippen molar-refractivity contribution < 1.29 is 9.59 Å². The number of halogens is 1. The first-order valence-corrected chi connectivity index (χ1v) is 7.46. The minimum absolute atomic E-state index is 0. The number of nitrogens with one attached hydrogen (secondary N) is 1. The van der Waals surface area contributed by atoms with Crippen molar-refractivity contribution in [2.24, 2.45) is 11.7 Å². The number of amides is 2. The van der Waals surface area contributed by atoms with Gasteiger partial charge in [-0.3, -0.25) is 9.59 Å². The molecule has 122 valence electrons. The largest absolute Gasteiger partial charge is 0.370 e. The molecule has 1 unspecified atom stereocenters. The maximum atomic E-state index is 12.5. The molecule has 0 aliphatic carbocycles. The number of hydrogen-bond acceptors (Lipinski definition) is 3. The second-order valence-electron chi connectivity index (χ2n) is 5.58. The van der Waals surface area contributed by atoms with E-state index in [1.807, 2.05) is 30.3 Å². The Hall–Kier alpha value is -1.59. The SMILES string of the molecule is Cl.NC(=O)CCN(Cc1ccccc1)C(=O)CC1CCNC1. The van der Waals surface area contributed by atoms with Gasteiger partial charge in [-0.25, -0.2) is 0 Å². The van der Waals surface area contributed by atoms with Crippen LogP contribution in [0.1, 0.15) is 24.8 Å². The van der Waals surface area contributed by atoms with E-state index in [-0.39, 0.29) is 30.6 Å². The minimum atomic E-state index is -0.372. The van der Waals surface area contributed by atoms with Gasteiger partial charge in [0, 0.05) is 25.9 Å². The number of nitrogens with zero attached hydrogens (tertiary/aromatic N) is 1. The molecule has 1 aliphatic heterocycles. The third kappa shape index (κ3) is 6.03. The summed E-state index contributed by atoms with van der Waals surface area (Å²) in [4.78, 5) is 25.2. The van der Waals surface area contributed by atoms with Crippen molar-refractivity contribution in [1.82, 2.24) is 10.2 Å². The molecule has 3 N–H and O–H groups in total. The van der Waals surface area contributed by atoms with Crippen molar-refractivity contribution in [3.8, 4) is 0 Å². The predicted molar refractivity (Wildman–Crippen MR) is 88.5 cm³/mol. The Morgan fingerprint density at radius 3 is 2.59 bits per heavy atom. The molecule has 1 aliphatic rings. The second-order valence-corrected chi connectivity index (χ2v) is 5.58. The van der Waals surface area contributed by atoms with Crippen molar-refractivity contribution in [3.63, 3.8) is 0 Å². The molecule has 0 spiro atoms. The molecule has 0 aromatic heterocycles. The lowest BCUT2D eigenvalue weighted by Gasteiger charge is -2.23. The monoisotopic (exact) mass is 325 g/mol. The smallest absolute Gasteiger partial charge is 0.223 e. The molecule has 1 fully saturated rings. The highest BCUT2D eigenvalue weighted by atomic mass is 35.5. The summed E-state index contributed by atoms with van der Waals surface area (Å²) < 4.78 is 0. The van der Waals surface area contributed by atoms with Crippen molar-refractivity contribution in [2.45, 2.75) is 25.8 Å². The molecule has 1 atom stereocenters. The Kier molecular flexibility index (Phi) is 7.91. The summed E-state index contributed by atoms with van der Waals surface area (Å²) in [5.74, 6) is 0.140. The second kappa shape index (κ2) is 9.43. The average Bonchev–Trinajstić information content (AvgIpc) is 2.97. The van der Waals surface area contributed by atoms with Crippen molar-refractivity contribution in [1.29, 1.82) is 0 Å². The molecule has 1 aromatic rings. The van der Waals surface area contributed by atoms with E-state index in [1.54, 1.807) is 4.90 Å². The Labute approximate surface area is 137 Å². The molecule has 1 heterocycles. The van der Waals surface area contributed by atoms with E-state index in [0.29, 0.717) is 25.4 Å². The van der Waals surface area contributed by atoms with Gasteiger partial charge in [-0.15, -0.1) is 12.4 Å². The summed E-state index contributed by atoms with van der Waals surface area (Å²) in [5, 5.41) is 3.27. The molecule has 6 heteroatoms. The summed E-state index contributed by atoms with van der Waals surface area (Å²) in [6.07, 6.45) is 1.79. The highest BCUT2D eigenvalue weighted by Gasteiger charge is 2.22. The summed E-state index contributed by atoms with van der Waals surface area (Å²) in [6.45, 7) is 2.81. The molecular formula is C16H24ClN3O2.